The maximum absolute atomic E-state index is 5.63. The molecule has 17 heavy (non-hydrogen) atoms. The molecule has 3 N–H and O–H groups in total. The molecule has 5 heteroatoms. The number of aromatic nitrogens is 2. The molecular formula is C12H22N4O. The zero-order valence-electron chi connectivity index (χ0n) is 10.4. The van der Waals surface area contributed by atoms with Gasteiger partial charge in [0, 0.05) is 25.4 Å². The van der Waals surface area contributed by atoms with Gasteiger partial charge in [0.15, 0.2) is 0 Å². The van der Waals surface area contributed by atoms with Gasteiger partial charge in [0.25, 0.3) is 0 Å². The second kappa shape index (κ2) is 6.14. The number of nitrogens with zero attached hydrogens (tertiary/aromatic N) is 2. The van der Waals surface area contributed by atoms with Crippen LogP contribution in [0.1, 0.15) is 31.7 Å². The summed E-state index contributed by atoms with van der Waals surface area (Å²) < 4.78 is 7.57. The molecule has 0 spiro atoms. The third kappa shape index (κ3) is 3.52. The SMILES string of the molecule is CCn1cc(CC(CC2CCCO2)NN)cn1. The first kappa shape index (κ1) is 12.5. The standard InChI is InChI=1S/C12H22N4O/c1-2-16-9-10(8-14-16)6-11(15-13)7-12-4-3-5-17-12/h8-9,11-12,15H,2-7,13H2,1H3. The minimum atomic E-state index is 0.271. The van der Waals surface area contributed by atoms with Gasteiger partial charge in [-0.2, -0.15) is 5.10 Å². The smallest absolute Gasteiger partial charge is 0.0591 e. The molecule has 2 unspecified atom stereocenters. The molecule has 2 heterocycles. The van der Waals surface area contributed by atoms with E-state index in [1.165, 1.54) is 12.0 Å². The van der Waals surface area contributed by atoms with Crippen molar-refractivity contribution in [3.05, 3.63) is 18.0 Å². The van der Waals surface area contributed by atoms with Gasteiger partial charge in [0.05, 0.1) is 12.3 Å². The van der Waals surface area contributed by atoms with Gasteiger partial charge in [0.2, 0.25) is 0 Å². The van der Waals surface area contributed by atoms with Gasteiger partial charge < -0.3 is 4.74 Å². The van der Waals surface area contributed by atoms with E-state index in [-0.39, 0.29) is 6.04 Å². The van der Waals surface area contributed by atoms with E-state index >= 15 is 0 Å². The molecular weight excluding hydrogens is 216 g/mol. The number of nitrogens with two attached hydrogens (primary N) is 1. The minimum Gasteiger partial charge on any atom is -0.378 e. The topological polar surface area (TPSA) is 65.1 Å². The van der Waals surface area contributed by atoms with Crippen molar-refractivity contribution in [3.63, 3.8) is 0 Å². The Hall–Kier alpha value is -0.910. The molecule has 0 bridgehead atoms. The quantitative estimate of drug-likeness (QED) is 0.569. The first-order valence-corrected chi connectivity index (χ1v) is 6.41. The Labute approximate surface area is 102 Å². The Bertz CT molecular complexity index is 333. The lowest BCUT2D eigenvalue weighted by Gasteiger charge is -2.18. The molecule has 2 rings (SSSR count). The van der Waals surface area contributed by atoms with E-state index in [4.69, 9.17) is 10.6 Å². The Morgan fingerprint density at radius 2 is 2.59 bits per heavy atom. The van der Waals surface area contributed by atoms with Crippen LogP contribution < -0.4 is 11.3 Å². The summed E-state index contributed by atoms with van der Waals surface area (Å²) in [5.41, 5.74) is 4.12. The maximum Gasteiger partial charge on any atom is 0.0591 e. The minimum absolute atomic E-state index is 0.271. The molecule has 1 aliphatic rings. The average molecular weight is 238 g/mol. The highest BCUT2D eigenvalue weighted by atomic mass is 16.5. The van der Waals surface area contributed by atoms with Crippen LogP contribution in [0.25, 0.3) is 0 Å². The lowest BCUT2D eigenvalue weighted by molar-refractivity contribution is 0.0946. The Morgan fingerprint density at radius 3 is 3.18 bits per heavy atom. The monoisotopic (exact) mass is 238 g/mol. The number of hydrogen-bond donors (Lipinski definition) is 2. The third-order valence-electron chi connectivity index (χ3n) is 3.30. The van der Waals surface area contributed by atoms with Crippen LogP contribution >= 0.6 is 0 Å². The highest BCUT2D eigenvalue weighted by Crippen LogP contribution is 2.18. The van der Waals surface area contributed by atoms with Crippen LogP contribution in [0.15, 0.2) is 12.4 Å². The van der Waals surface area contributed by atoms with Crippen molar-refractivity contribution < 1.29 is 4.74 Å². The van der Waals surface area contributed by atoms with E-state index in [0.717, 1.165) is 32.4 Å². The number of ether oxygens (including phenoxy) is 1. The van der Waals surface area contributed by atoms with Crippen molar-refractivity contribution >= 4 is 0 Å². The van der Waals surface area contributed by atoms with Crippen molar-refractivity contribution in [1.29, 1.82) is 0 Å². The van der Waals surface area contributed by atoms with Gasteiger partial charge in [-0.1, -0.05) is 0 Å². The molecule has 2 atom stereocenters. The number of rotatable bonds is 6. The largest absolute Gasteiger partial charge is 0.378 e. The van der Waals surface area contributed by atoms with Crippen LogP contribution in [0.4, 0.5) is 0 Å². The van der Waals surface area contributed by atoms with E-state index in [9.17, 15) is 0 Å². The number of nitrogens with one attached hydrogen (secondary N) is 1. The maximum atomic E-state index is 5.63. The van der Waals surface area contributed by atoms with E-state index < -0.39 is 0 Å². The van der Waals surface area contributed by atoms with Gasteiger partial charge in [0.1, 0.15) is 0 Å². The van der Waals surface area contributed by atoms with Crippen molar-refractivity contribution in [2.45, 2.75) is 51.3 Å². The molecule has 1 aliphatic heterocycles. The van der Waals surface area contributed by atoms with Crippen LogP contribution in [-0.2, 0) is 17.7 Å². The molecule has 1 aromatic heterocycles. The lowest BCUT2D eigenvalue weighted by atomic mass is 10.0. The second-order valence-electron chi connectivity index (χ2n) is 4.64. The van der Waals surface area contributed by atoms with Crippen molar-refractivity contribution in [2.75, 3.05) is 6.61 Å². The highest BCUT2D eigenvalue weighted by Gasteiger charge is 2.20. The summed E-state index contributed by atoms with van der Waals surface area (Å²) in [6, 6.07) is 0.271. The van der Waals surface area contributed by atoms with Crippen molar-refractivity contribution in [1.82, 2.24) is 15.2 Å². The molecule has 0 aromatic carbocycles. The van der Waals surface area contributed by atoms with Gasteiger partial charge in [-0.3, -0.25) is 16.0 Å². The van der Waals surface area contributed by atoms with E-state index in [2.05, 4.69) is 23.6 Å². The molecule has 0 aliphatic carbocycles. The molecule has 1 saturated heterocycles. The fraction of sp³-hybridized carbons (Fsp3) is 0.750. The van der Waals surface area contributed by atoms with Gasteiger partial charge >= 0.3 is 0 Å². The zero-order chi connectivity index (χ0) is 12.1. The van der Waals surface area contributed by atoms with Crippen LogP contribution in [0.2, 0.25) is 0 Å². The van der Waals surface area contributed by atoms with Gasteiger partial charge in [-0.25, -0.2) is 0 Å². The second-order valence-corrected chi connectivity index (χ2v) is 4.64. The molecule has 1 fully saturated rings. The molecule has 0 radical (unpaired) electrons. The van der Waals surface area contributed by atoms with Crippen LogP contribution in [0.3, 0.4) is 0 Å². The van der Waals surface area contributed by atoms with Crippen molar-refractivity contribution in [2.24, 2.45) is 5.84 Å². The van der Waals surface area contributed by atoms with Gasteiger partial charge in [-0.15, -0.1) is 0 Å². The predicted molar refractivity (Wildman–Crippen MR) is 66.3 cm³/mol. The molecule has 0 amide bonds. The summed E-state index contributed by atoms with van der Waals surface area (Å²) in [5, 5.41) is 4.27. The molecule has 0 saturated carbocycles. The van der Waals surface area contributed by atoms with Crippen LogP contribution in [0, 0.1) is 0 Å². The zero-order valence-corrected chi connectivity index (χ0v) is 10.4. The number of hydrazine groups is 1. The number of hydrogen-bond acceptors (Lipinski definition) is 4. The van der Waals surface area contributed by atoms with E-state index in [1.54, 1.807) is 0 Å². The van der Waals surface area contributed by atoms with Crippen molar-refractivity contribution in [3.8, 4) is 0 Å². The Morgan fingerprint density at radius 1 is 1.71 bits per heavy atom. The molecule has 1 aromatic rings. The molecule has 5 nitrogen and oxygen atoms in total. The van der Waals surface area contributed by atoms with E-state index in [1.807, 2.05) is 10.9 Å². The van der Waals surface area contributed by atoms with Crippen LogP contribution in [0.5, 0.6) is 0 Å². The average Bonchev–Trinajstić information content (AvgIpc) is 2.99. The summed E-state index contributed by atoms with van der Waals surface area (Å²) in [6.45, 7) is 3.89. The normalized spacial score (nSPS) is 21.9. The highest BCUT2D eigenvalue weighted by molar-refractivity contribution is 5.06. The first-order valence-electron chi connectivity index (χ1n) is 6.41. The third-order valence-corrected chi connectivity index (χ3v) is 3.30. The predicted octanol–water partition coefficient (Wildman–Crippen LogP) is 0.847. The van der Waals surface area contributed by atoms with Gasteiger partial charge in [-0.05, 0) is 38.2 Å². The molecule has 96 valence electrons. The summed E-state index contributed by atoms with van der Waals surface area (Å²) >= 11 is 0. The Kier molecular flexibility index (Phi) is 4.53. The summed E-state index contributed by atoms with van der Waals surface area (Å²) in [4.78, 5) is 0. The summed E-state index contributed by atoms with van der Waals surface area (Å²) in [6.07, 6.45) is 8.60. The number of aryl methyl sites for hydroxylation is 1. The fourth-order valence-corrected chi connectivity index (χ4v) is 2.33. The summed E-state index contributed by atoms with van der Waals surface area (Å²) in [7, 11) is 0. The van der Waals surface area contributed by atoms with Crippen LogP contribution in [-0.4, -0.2) is 28.5 Å². The first-order chi connectivity index (χ1) is 8.31. The van der Waals surface area contributed by atoms with E-state index in [0.29, 0.717) is 6.10 Å². The lowest BCUT2D eigenvalue weighted by Crippen LogP contribution is -2.39. The fourth-order valence-electron chi connectivity index (χ4n) is 2.33. The summed E-state index contributed by atoms with van der Waals surface area (Å²) in [5.74, 6) is 5.61. The Balaban J connectivity index is 1.85.